The van der Waals surface area contributed by atoms with Crippen molar-refractivity contribution >= 4 is 37.3 Å². The number of thiazole rings is 1. The topological polar surface area (TPSA) is 59.1 Å². The lowest BCUT2D eigenvalue weighted by molar-refractivity contribution is 0.594. The zero-order chi connectivity index (χ0) is 19.9. The molecular formula is C21H17FN2O2S2. The van der Waals surface area contributed by atoms with Gasteiger partial charge in [-0.15, -0.1) is 11.3 Å². The van der Waals surface area contributed by atoms with Crippen LogP contribution in [0.15, 0.2) is 65.6 Å². The van der Waals surface area contributed by atoms with Gasteiger partial charge in [-0.05, 0) is 67.4 Å². The first kappa shape index (κ1) is 18.6. The second-order valence-electron chi connectivity index (χ2n) is 6.53. The van der Waals surface area contributed by atoms with E-state index < -0.39 is 15.8 Å². The summed E-state index contributed by atoms with van der Waals surface area (Å²) in [7, 11) is -3.89. The van der Waals surface area contributed by atoms with Gasteiger partial charge in [0.05, 0.1) is 20.8 Å². The summed E-state index contributed by atoms with van der Waals surface area (Å²) in [5, 5.41) is 0.875. The Morgan fingerprint density at radius 2 is 1.75 bits per heavy atom. The summed E-state index contributed by atoms with van der Waals surface area (Å²) < 4.78 is 42.6. The standard InChI is InChI=1S/C21H17FN2O2S2/c1-13-7-9-16(22)12-20(13)28(25,26)24-17-10-8-15(11-14(17)2)21-23-18-5-3-4-6-19(18)27-21/h3-12,24H,1-2H3. The van der Waals surface area contributed by atoms with Crippen LogP contribution in [0.5, 0.6) is 0 Å². The lowest BCUT2D eigenvalue weighted by atomic mass is 10.1. The molecule has 0 spiro atoms. The molecule has 7 heteroatoms. The Labute approximate surface area is 166 Å². The fourth-order valence-electron chi connectivity index (χ4n) is 2.97. The first-order valence-electron chi connectivity index (χ1n) is 8.59. The molecule has 1 heterocycles. The maximum absolute atomic E-state index is 13.5. The Balaban J connectivity index is 1.67. The third-order valence-corrected chi connectivity index (χ3v) is 7.04. The van der Waals surface area contributed by atoms with Crippen LogP contribution in [0.4, 0.5) is 10.1 Å². The highest BCUT2D eigenvalue weighted by Gasteiger charge is 2.19. The van der Waals surface area contributed by atoms with Crippen molar-refractivity contribution in [3.8, 4) is 10.6 Å². The van der Waals surface area contributed by atoms with Crippen molar-refractivity contribution in [1.82, 2.24) is 4.98 Å². The Morgan fingerprint density at radius 3 is 2.50 bits per heavy atom. The van der Waals surface area contributed by atoms with E-state index in [0.29, 0.717) is 11.3 Å². The van der Waals surface area contributed by atoms with Crippen molar-refractivity contribution in [1.29, 1.82) is 0 Å². The molecule has 3 aromatic carbocycles. The van der Waals surface area contributed by atoms with Crippen molar-refractivity contribution < 1.29 is 12.8 Å². The van der Waals surface area contributed by atoms with E-state index in [1.807, 2.05) is 43.3 Å². The van der Waals surface area contributed by atoms with E-state index in [1.165, 1.54) is 12.1 Å². The lowest BCUT2D eigenvalue weighted by Crippen LogP contribution is -2.15. The molecule has 0 aliphatic carbocycles. The molecule has 1 aromatic heterocycles. The van der Waals surface area contributed by atoms with Gasteiger partial charge < -0.3 is 0 Å². The third-order valence-electron chi connectivity index (χ3n) is 4.45. The lowest BCUT2D eigenvalue weighted by Gasteiger charge is -2.13. The van der Waals surface area contributed by atoms with Crippen LogP contribution in [-0.4, -0.2) is 13.4 Å². The minimum Gasteiger partial charge on any atom is -0.279 e. The highest BCUT2D eigenvalue weighted by molar-refractivity contribution is 7.92. The second kappa shape index (κ2) is 7.00. The number of benzene rings is 3. The number of rotatable bonds is 4. The van der Waals surface area contributed by atoms with Gasteiger partial charge in [0.15, 0.2) is 0 Å². The number of sulfonamides is 1. The van der Waals surface area contributed by atoms with Gasteiger partial charge in [-0.25, -0.2) is 17.8 Å². The Kier molecular flexibility index (Phi) is 4.64. The number of nitrogens with zero attached hydrogens (tertiary/aromatic N) is 1. The quantitative estimate of drug-likeness (QED) is 0.480. The van der Waals surface area contributed by atoms with Crippen LogP contribution in [0.1, 0.15) is 11.1 Å². The highest BCUT2D eigenvalue weighted by atomic mass is 32.2. The molecule has 142 valence electrons. The summed E-state index contributed by atoms with van der Waals surface area (Å²) in [6, 6.07) is 17.1. The number of aryl methyl sites for hydroxylation is 2. The minimum absolute atomic E-state index is 0.0675. The number of hydrogen-bond acceptors (Lipinski definition) is 4. The molecule has 0 aliphatic heterocycles. The first-order valence-corrected chi connectivity index (χ1v) is 10.9. The maximum Gasteiger partial charge on any atom is 0.262 e. The molecule has 0 saturated carbocycles. The SMILES string of the molecule is Cc1cc(-c2nc3ccccc3s2)ccc1NS(=O)(=O)c1cc(F)ccc1C. The summed E-state index contributed by atoms with van der Waals surface area (Å²) >= 11 is 1.59. The molecule has 0 bridgehead atoms. The summed E-state index contributed by atoms with van der Waals surface area (Å²) in [4.78, 5) is 4.57. The summed E-state index contributed by atoms with van der Waals surface area (Å²) in [5.74, 6) is -0.589. The number of nitrogens with one attached hydrogen (secondary N) is 1. The average molecular weight is 413 g/mol. The monoisotopic (exact) mass is 412 g/mol. The molecule has 0 atom stereocenters. The van der Waals surface area contributed by atoms with Crippen molar-refractivity contribution in [2.75, 3.05) is 4.72 Å². The fourth-order valence-corrected chi connectivity index (χ4v) is 5.32. The largest absolute Gasteiger partial charge is 0.279 e. The van der Waals surface area contributed by atoms with Crippen molar-refractivity contribution in [3.05, 3.63) is 77.6 Å². The van der Waals surface area contributed by atoms with Gasteiger partial charge in [-0.1, -0.05) is 18.2 Å². The van der Waals surface area contributed by atoms with Crippen LogP contribution < -0.4 is 4.72 Å². The average Bonchev–Trinajstić information content (AvgIpc) is 3.09. The summed E-state index contributed by atoms with van der Waals surface area (Å²) in [5.41, 5.74) is 3.55. The predicted octanol–water partition coefficient (Wildman–Crippen LogP) is 5.52. The molecule has 4 rings (SSSR count). The van der Waals surface area contributed by atoms with Gasteiger partial charge in [0.2, 0.25) is 0 Å². The minimum atomic E-state index is -3.89. The van der Waals surface area contributed by atoms with Crippen molar-refractivity contribution in [2.45, 2.75) is 18.7 Å². The van der Waals surface area contributed by atoms with E-state index >= 15 is 0 Å². The molecule has 0 amide bonds. The predicted molar refractivity (Wildman–Crippen MR) is 112 cm³/mol. The van der Waals surface area contributed by atoms with E-state index in [1.54, 1.807) is 24.3 Å². The number of fused-ring (bicyclic) bond motifs is 1. The number of anilines is 1. The highest BCUT2D eigenvalue weighted by Crippen LogP contribution is 2.32. The number of halogens is 1. The Morgan fingerprint density at radius 1 is 0.964 bits per heavy atom. The number of aromatic nitrogens is 1. The Bertz CT molecular complexity index is 1260. The van der Waals surface area contributed by atoms with Crippen LogP contribution >= 0.6 is 11.3 Å². The van der Waals surface area contributed by atoms with Gasteiger partial charge in [0, 0.05) is 5.56 Å². The van der Waals surface area contributed by atoms with Crippen LogP contribution in [0.3, 0.4) is 0 Å². The van der Waals surface area contributed by atoms with Crippen LogP contribution in [0.2, 0.25) is 0 Å². The van der Waals surface area contributed by atoms with E-state index in [-0.39, 0.29) is 4.90 Å². The van der Waals surface area contributed by atoms with E-state index in [0.717, 1.165) is 32.4 Å². The third kappa shape index (κ3) is 3.50. The van der Waals surface area contributed by atoms with Crippen LogP contribution in [-0.2, 0) is 10.0 Å². The molecule has 0 aliphatic rings. The van der Waals surface area contributed by atoms with Crippen molar-refractivity contribution in [2.24, 2.45) is 0 Å². The summed E-state index contributed by atoms with van der Waals surface area (Å²) in [6.07, 6.45) is 0. The first-order chi connectivity index (χ1) is 13.3. The van der Waals surface area contributed by atoms with Crippen LogP contribution in [0, 0.1) is 19.7 Å². The Hall–Kier alpha value is -2.77. The molecular weight excluding hydrogens is 395 g/mol. The molecule has 1 N–H and O–H groups in total. The van der Waals surface area contributed by atoms with Gasteiger partial charge in [0.1, 0.15) is 10.8 Å². The van der Waals surface area contributed by atoms with Gasteiger partial charge >= 0.3 is 0 Å². The molecule has 4 aromatic rings. The molecule has 0 unspecified atom stereocenters. The number of hydrogen-bond donors (Lipinski definition) is 1. The van der Waals surface area contributed by atoms with E-state index in [4.69, 9.17) is 0 Å². The van der Waals surface area contributed by atoms with E-state index in [9.17, 15) is 12.8 Å². The molecule has 4 nitrogen and oxygen atoms in total. The second-order valence-corrected chi connectivity index (χ2v) is 9.21. The molecule has 0 saturated heterocycles. The zero-order valence-corrected chi connectivity index (χ0v) is 16.9. The molecule has 0 radical (unpaired) electrons. The molecule has 0 fully saturated rings. The fraction of sp³-hybridized carbons (Fsp3) is 0.0952. The number of para-hydroxylation sites is 1. The smallest absolute Gasteiger partial charge is 0.262 e. The normalized spacial score (nSPS) is 11.7. The summed E-state index contributed by atoms with van der Waals surface area (Å²) in [6.45, 7) is 3.46. The maximum atomic E-state index is 13.5. The zero-order valence-electron chi connectivity index (χ0n) is 15.2. The van der Waals surface area contributed by atoms with Crippen LogP contribution in [0.25, 0.3) is 20.8 Å². The van der Waals surface area contributed by atoms with Gasteiger partial charge in [-0.3, -0.25) is 4.72 Å². The van der Waals surface area contributed by atoms with Gasteiger partial charge in [0.25, 0.3) is 10.0 Å². The van der Waals surface area contributed by atoms with Gasteiger partial charge in [-0.2, -0.15) is 0 Å². The molecule has 28 heavy (non-hydrogen) atoms. The van der Waals surface area contributed by atoms with Crippen molar-refractivity contribution in [3.63, 3.8) is 0 Å². The van der Waals surface area contributed by atoms with E-state index in [2.05, 4.69) is 9.71 Å².